The number of hydrogen-bond acceptors (Lipinski definition) is 6. The molecule has 1 unspecified atom stereocenters. The molecule has 4 rings (SSSR count). The molecule has 7 heteroatoms. The molecule has 1 aromatic heterocycles. The van der Waals surface area contributed by atoms with Crippen LogP contribution >= 0.6 is 0 Å². The third kappa shape index (κ3) is 3.31. The average Bonchev–Trinajstić information content (AvgIpc) is 3.12. The van der Waals surface area contributed by atoms with Gasteiger partial charge in [0.25, 0.3) is 0 Å². The highest BCUT2D eigenvalue weighted by Crippen LogP contribution is 2.31. The van der Waals surface area contributed by atoms with Gasteiger partial charge in [0.2, 0.25) is 0 Å². The molecule has 7 nitrogen and oxygen atoms in total. The Balaban J connectivity index is 1.52. The molecule has 0 radical (unpaired) electrons. The van der Waals surface area contributed by atoms with Gasteiger partial charge in [0.05, 0.1) is 17.8 Å². The number of likely N-dealkylation sites (N-methyl/N-ethyl adjacent to an activating group) is 1. The highest BCUT2D eigenvalue weighted by Gasteiger charge is 2.25. The van der Waals surface area contributed by atoms with Gasteiger partial charge in [-0.1, -0.05) is 6.92 Å². The Labute approximate surface area is 153 Å². The maximum absolute atomic E-state index is 5.65. The second-order valence-corrected chi connectivity index (χ2v) is 6.70. The summed E-state index contributed by atoms with van der Waals surface area (Å²) < 4.78 is 5.65. The smallest absolute Gasteiger partial charge is 0.120 e. The number of nitrogens with one attached hydrogen (secondary N) is 1. The molecule has 0 spiro atoms. The van der Waals surface area contributed by atoms with Crippen molar-refractivity contribution in [3.05, 3.63) is 23.9 Å². The number of piperazine rings is 1. The molecule has 0 saturated carbocycles. The molecule has 1 fully saturated rings. The lowest BCUT2D eigenvalue weighted by molar-refractivity contribution is 0.187. The molecule has 3 heterocycles. The fourth-order valence-electron chi connectivity index (χ4n) is 3.69. The Morgan fingerprint density at radius 2 is 2.04 bits per heavy atom. The molecule has 1 saturated heterocycles. The molecule has 0 aliphatic carbocycles. The molecule has 138 valence electrons. The van der Waals surface area contributed by atoms with Gasteiger partial charge in [0.1, 0.15) is 24.0 Å². The number of amidine groups is 1. The standard InChI is InChI=1S/C19H26N6O/c1-3-24-7-9-25(10-8-24)18-12-17(20-13-21-18)19-15-11-14(26-4-2)5-6-16(15)22-23-19/h5-6,11,13,17H,3-4,7-10,12H2,1-2H3,(H,22,23). The van der Waals surface area contributed by atoms with Gasteiger partial charge in [-0.25, -0.2) is 4.99 Å². The minimum Gasteiger partial charge on any atom is -0.494 e. The van der Waals surface area contributed by atoms with Crippen LogP contribution in [0.25, 0.3) is 10.9 Å². The van der Waals surface area contributed by atoms with Crippen molar-refractivity contribution in [3.8, 4) is 5.75 Å². The predicted octanol–water partition coefficient (Wildman–Crippen LogP) is 2.47. The van der Waals surface area contributed by atoms with Crippen molar-refractivity contribution < 1.29 is 4.74 Å². The van der Waals surface area contributed by atoms with Crippen molar-refractivity contribution in [3.63, 3.8) is 0 Å². The lowest BCUT2D eigenvalue weighted by Gasteiger charge is -2.37. The fourth-order valence-corrected chi connectivity index (χ4v) is 3.69. The third-order valence-electron chi connectivity index (χ3n) is 5.21. The lowest BCUT2D eigenvalue weighted by atomic mass is 10.0. The first-order valence-corrected chi connectivity index (χ1v) is 9.45. The summed E-state index contributed by atoms with van der Waals surface area (Å²) >= 11 is 0. The molecule has 1 aromatic carbocycles. The molecule has 26 heavy (non-hydrogen) atoms. The molecular weight excluding hydrogens is 328 g/mol. The summed E-state index contributed by atoms with van der Waals surface area (Å²) in [6.45, 7) is 10.2. The first-order valence-electron chi connectivity index (χ1n) is 9.45. The number of benzene rings is 1. The molecule has 2 aliphatic rings. The number of hydrogen-bond donors (Lipinski definition) is 1. The predicted molar refractivity (Wildman–Crippen MR) is 104 cm³/mol. The highest BCUT2D eigenvalue weighted by molar-refractivity contribution is 5.92. The van der Waals surface area contributed by atoms with Crippen LogP contribution in [-0.4, -0.2) is 71.5 Å². The van der Waals surface area contributed by atoms with Gasteiger partial charge in [-0.3, -0.25) is 10.1 Å². The molecular formula is C19H26N6O. The van der Waals surface area contributed by atoms with E-state index in [1.165, 1.54) is 0 Å². The van der Waals surface area contributed by atoms with E-state index in [2.05, 4.69) is 43.0 Å². The van der Waals surface area contributed by atoms with Crippen LogP contribution in [0.5, 0.6) is 5.75 Å². The first-order chi connectivity index (χ1) is 12.8. The van der Waals surface area contributed by atoms with Gasteiger partial charge < -0.3 is 14.5 Å². The quantitative estimate of drug-likeness (QED) is 0.916. The Bertz CT molecular complexity index is 819. The van der Waals surface area contributed by atoms with Crippen molar-refractivity contribution in [2.75, 3.05) is 39.3 Å². The maximum Gasteiger partial charge on any atom is 0.120 e. The van der Waals surface area contributed by atoms with Crippen molar-refractivity contribution in [2.24, 2.45) is 9.98 Å². The zero-order chi connectivity index (χ0) is 17.9. The fraction of sp³-hybridized carbons (Fsp3) is 0.526. The number of aromatic amines is 1. The summed E-state index contributed by atoms with van der Waals surface area (Å²) in [5, 5.41) is 8.71. The van der Waals surface area contributed by atoms with E-state index in [-0.39, 0.29) is 6.04 Å². The van der Waals surface area contributed by atoms with E-state index < -0.39 is 0 Å². The largest absolute Gasteiger partial charge is 0.494 e. The van der Waals surface area contributed by atoms with Gasteiger partial charge in [-0.2, -0.15) is 5.10 Å². The van der Waals surface area contributed by atoms with Gasteiger partial charge >= 0.3 is 0 Å². The summed E-state index contributed by atoms with van der Waals surface area (Å²) in [4.78, 5) is 14.0. The molecule has 2 aromatic rings. The third-order valence-corrected chi connectivity index (χ3v) is 5.21. The van der Waals surface area contributed by atoms with Crippen molar-refractivity contribution in [1.82, 2.24) is 20.0 Å². The number of fused-ring (bicyclic) bond motifs is 1. The van der Waals surface area contributed by atoms with E-state index in [1.807, 2.05) is 19.1 Å². The molecule has 1 atom stereocenters. The zero-order valence-electron chi connectivity index (χ0n) is 15.5. The summed E-state index contributed by atoms with van der Waals surface area (Å²) in [6.07, 6.45) is 2.51. The van der Waals surface area contributed by atoms with Crippen molar-refractivity contribution >= 4 is 23.1 Å². The summed E-state index contributed by atoms with van der Waals surface area (Å²) in [5.41, 5.74) is 1.98. The van der Waals surface area contributed by atoms with Crippen LogP contribution in [0, 0.1) is 0 Å². The normalized spacial score (nSPS) is 21.2. The van der Waals surface area contributed by atoms with Crippen LogP contribution in [-0.2, 0) is 0 Å². The minimum absolute atomic E-state index is 0.0218. The van der Waals surface area contributed by atoms with Crippen LogP contribution in [0.2, 0.25) is 0 Å². The summed E-state index contributed by atoms with van der Waals surface area (Å²) in [5.74, 6) is 2.00. The van der Waals surface area contributed by atoms with Crippen LogP contribution < -0.4 is 4.74 Å². The minimum atomic E-state index is 0.0218. The number of nitrogens with zero attached hydrogens (tertiary/aromatic N) is 5. The van der Waals surface area contributed by atoms with Gasteiger partial charge in [0, 0.05) is 38.0 Å². The second-order valence-electron chi connectivity index (χ2n) is 6.70. The Morgan fingerprint density at radius 3 is 2.81 bits per heavy atom. The summed E-state index contributed by atoms with van der Waals surface area (Å²) in [7, 11) is 0. The van der Waals surface area contributed by atoms with E-state index in [9.17, 15) is 0 Å². The first kappa shape index (κ1) is 17.0. The Kier molecular flexibility index (Phi) is 4.88. The number of aromatic nitrogens is 2. The monoisotopic (exact) mass is 354 g/mol. The molecule has 0 bridgehead atoms. The zero-order valence-corrected chi connectivity index (χ0v) is 15.5. The van der Waals surface area contributed by atoms with Gasteiger partial charge in [-0.15, -0.1) is 0 Å². The Hall–Kier alpha value is -2.41. The second kappa shape index (κ2) is 7.45. The van der Waals surface area contributed by atoms with Crippen LogP contribution in [0.4, 0.5) is 0 Å². The Morgan fingerprint density at radius 1 is 1.19 bits per heavy atom. The molecule has 1 N–H and O–H groups in total. The van der Waals surface area contributed by atoms with E-state index >= 15 is 0 Å². The van der Waals surface area contributed by atoms with E-state index in [4.69, 9.17) is 4.74 Å². The van der Waals surface area contributed by atoms with Crippen LogP contribution in [0.15, 0.2) is 28.2 Å². The number of aliphatic imine (C=N–C) groups is 2. The topological polar surface area (TPSA) is 69.1 Å². The van der Waals surface area contributed by atoms with E-state index in [0.29, 0.717) is 6.61 Å². The number of H-pyrrole nitrogens is 1. The average molecular weight is 354 g/mol. The number of ether oxygens (including phenoxy) is 1. The van der Waals surface area contributed by atoms with Gasteiger partial charge in [0.15, 0.2) is 0 Å². The maximum atomic E-state index is 5.65. The summed E-state index contributed by atoms with van der Waals surface area (Å²) in [6, 6.07) is 6.03. The van der Waals surface area contributed by atoms with Crippen molar-refractivity contribution in [1.29, 1.82) is 0 Å². The van der Waals surface area contributed by atoms with E-state index in [0.717, 1.165) is 67.3 Å². The molecule has 0 amide bonds. The highest BCUT2D eigenvalue weighted by atomic mass is 16.5. The molecule has 2 aliphatic heterocycles. The SMILES string of the molecule is CCOc1ccc2n[nH]c(C3CC(N4CCN(CC)CC4)=NC=N3)c2c1. The van der Waals surface area contributed by atoms with E-state index in [1.54, 1.807) is 6.34 Å². The van der Waals surface area contributed by atoms with Crippen LogP contribution in [0.3, 0.4) is 0 Å². The van der Waals surface area contributed by atoms with Gasteiger partial charge in [-0.05, 0) is 31.7 Å². The van der Waals surface area contributed by atoms with Crippen LogP contribution in [0.1, 0.15) is 32.0 Å². The lowest BCUT2D eigenvalue weighted by Crippen LogP contribution is -2.49. The van der Waals surface area contributed by atoms with Crippen molar-refractivity contribution in [2.45, 2.75) is 26.3 Å². The number of rotatable bonds is 4.